The second-order valence-electron chi connectivity index (χ2n) is 6.80. The Morgan fingerprint density at radius 3 is 2.93 bits per heavy atom. The smallest absolute Gasteiger partial charge is 0.406 e. The molecule has 30 heavy (non-hydrogen) atoms. The van der Waals surface area contributed by atoms with E-state index in [9.17, 15) is 10.1 Å². The molecule has 1 amide bonds. The van der Waals surface area contributed by atoms with Crippen molar-refractivity contribution in [3.05, 3.63) is 48.3 Å². The maximum Gasteiger partial charge on any atom is 0.406 e. The number of amides is 1. The summed E-state index contributed by atoms with van der Waals surface area (Å²) in [5, 5.41) is 16.9. The highest BCUT2D eigenvalue weighted by atomic mass is 16.6. The number of hydrogen-bond donors (Lipinski definition) is 2. The lowest BCUT2D eigenvalue weighted by atomic mass is 10.1. The third-order valence-electron chi connectivity index (χ3n) is 4.89. The Labute approximate surface area is 172 Å². The van der Waals surface area contributed by atoms with Crippen LogP contribution in [0.3, 0.4) is 0 Å². The number of carbonyl (C=O) groups excluding carboxylic acids is 1. The quantitative estimate of drug-likeness (QED) is 0.662. The number of rotatable bonds is 5. The zero-order chi connectivity index (χ0) is 21.1. The molecule has 1 aliphatic rings. The molecule has 0 unspecified atom stereocenters. The summed E-state index contributed by atoms with van der Waals surface area (Å²) in [6.45, 7) is 0.679. The lowest BCUT2D eigenvalue weighted by Gasteiger charge is -2.26. The molecule has 1 atom stereocenters. The van der Waals surface area contributed by atoms with Gasteiger partial charge in [0.05, 0.1) is 23.1 Å². The number of aromatic nitrogens is 4. The molecule has 3 aromatic rings. The summed E-state index contributed by atoms with van der Waals surface area (Å²) in [4.78, 5) is 21.9. The van der Waals surface area contributed by atoms with E-state index in [1.165, 1.54) is 0 Å². The van der Waals surface area contributed by atoms with Crippen LogP contribution in [-0.4, -0.2) is 38.6 Å². The summed E-state index contributed by atoms with van der Waals surface area (Å²) in [5.41, 5.74) is 7.79. The maximum absolute atomic E-state index is 11.2. The van der Waals surface area contributed by atoms with Gasteiger partial charge in [-0.15, -0.1) is 0 Å². The Hall–Kier alpha value is -4.13. The van der Waals surface area contributed by atoms with E-state index in [2.05, 4.69) is 26.5 Å². The highest BCUT2D eigenvalue weighted by molar-refractivity contribution is 5.71. The second-order valence-corrected chi connectivity index (χ2v) is 6.80. The normalized spacial score (nSPS) is 15.6. The van der Waals surface area contributed by atoms with Crippen molar-refractivity contribution in [2.75, 3.05) is 16.8 Å². The van der Waals surface area contributed by atoms with Gasteiger partial charge in [0.25, 0.3) is 0 Å². The molecule has 4 rings (SSSR count). The molecular weight excluding hydrogens is 384 g/mol. The van der Waals surface area contributed by atoms with E-state index >= 15 is 0 Å². The van der Waals surface area contributed by atoms with Gasteiger partial charge < -0.3 is 20.7 Å². The Bertz CT molecular complexity index is 1120. The number of aryl methyl sites for hydroxylation is 1. The summed E-state index contributed by atoms with van der Waals surface area (Å²) >= 11 is 0. The first kappa shape index (κ1) is 19.2. The topological polar surface area (TPSA) is 135 Å². The molecule has 1 aromatic carbocycles. The molecule has 1 fully saturated rings. The van der Waals surface area contributed by atoms with Crippen LogP contribution in [0.15, 0.2) is 42.7 Å². The van der Waals surface area contributed by atoms with Crippen LogP contribution in [0.4, 0.5) is 22.2 Å². The number of hydrogen-bond acceptors (Lipinski definition) is 8. The number of nitrogens with one attached hydrogen (secondary N) is 1. The first-order valence-corrected chi connectivity index (χ1v) is 9.40. The molecule has 0 bridgehead atoms. The lowest BCUT2D eigenvalue weighted by molar-refractivity contribution is 0.111. The van der Waals surface area contributed by atoms with Crippen molar-refractivity contribution in [1.82, 2.24) is 19.7 Å². The van der Waals surface area contributed by atoms with Crippen molar-refractivity contribution in [3.63, 3.8) is 0 Å². The molecular formula is C20H20N8O2. The summed E-state index contributed by atoms with van der Waals surface area (Å²) in [6, 6.07) is 11.3. The molecule has 1 saturated heterocycles. The van der Waals surface area contributed by atoms with Crippen molar-refractivity contribution in [1.29, 1.82) is 5.26 Å². The van der Waals surface area contributed by atoms with Gasteiger partial charge in [-0.25, -0.2) is 14.8 Å². The number of carbonyl (C=O) groups is 1. The van der Waals surface area contributed by atoms with E-state index in [1.54, 1.807) is 29.2 Å². The van der Waals surface area contributed by atoms with E-state index in [0.717, 1.165) is 17.8 Å². The zero-order valence-corrected chi connectivity index (χ0v) is 16.3. The van der Waals surface area contributed by atoms with Crippen LogP contribution < -0.4 is 16.0 Å². The highest BCUT2D eigenvalue weighted by Crippen LogP contribution is 2.32. The van der Waals surface area contributed by atoms with E-state index in [1.807, 2.05) is 30.1 Å². The number of benzene rings is 1. The number of nitrogens with two attached hydrogens (primary N) is 1. The zero-order valence-electron chi connectivity index (χ0n) is 16.3. The monoisotopic (exact) mass is 404 g/mol. The molecule has 3 heterocycles. The Morgan fingerprint density at radius 1 is 1.33 bits per heavy atom. The van der Waals surface area contributed by atoms with Gasteiger partial charge in [-0.1, -0.05) is 6.07 Å². The van der Waals surface area contributed by atoms with Gasteiger partial charge >= 0.3 is 6.09 Å². The van der Waals surface area contributed by atoms with Crippen molar-refractivity contribution in [2.45, 2.75) is 19.1 Å². The maximum atomic E-state index is 11.2. The van der Waals surface area contributed by atoms with E-state index in [4.69, 9.17) is 10.5 Å². The fourth-order valence-corrected chi connectivity index (χ4v) is 3.49. The van der Waals surface area contributed by atoms with Crippen LogP contribution in [0.1, 0.15) is 18.4 Å². The summed E-state index contributed by atoms with van der Waals surface area (Å²) < 4.78 is 6.87. The van der Waals surface area contributed by atoms with Gasteiger partial charge in [0.1, 0.15) is 11.9 Å². The number of anilines is 3. The predicted octanol–water partition coefficient (Wildman–Crippen LogP) is 2.51. The average Bonchev–Trinajstić information content (AvgIpc) is 3.36. The predicted molar refractivity (Wildman–Crippen MR) is 110 cm³/mol. The minimum absolute atomic E-state index is 0.424. The van der Waals surface area contributed by atoms with Gasteiger partial charge in [-0.3, -0.25) is 4.68 Å². The van der Waals surface area contributed by atoms with E-state index in [0.29, 0.717) is 35.9 Å². The number of primary amides is 1. The number of nitrogens with zero attached hydrogens (tertiary/aromatic N) is 6. The van der Waals surface area contributed by atoms with Crippen LogP contribution in [0.2, 0.25) is 0 Å². The van der Waals surface area contributed by atoms with Crippen LogP contribution in [0.25, 0.3) is 11.3 Å². The lowest BCUT2D eigenvalue weighted by Crippen LogP contribution is -2.35. The first-order chi connectivity index (χ1) is 14.5. The fourth-order valence-electron chi connectivity index (χ4n) is 3.49. The standard InChI is InChI=1S/C20H20N8O2/c1-27-17(7-9-24-27)26-20-23-8-6-15(25-20)13-4-5-16(14(11-13)12-21)28-10-2-3-18(28)30-19(22)29/h4-9,11,18H,2-3,10H2,1H3,(H2,22,29)(H,23,25,26)/t18-/m1/s1. The van der Waals surface area contributed by atoms with Gasteiger partial charge in [0, 0.05) is 37.8 Å². The largest absolute Gasteiger partial charge is 0.426 e. The molecule has 0 radical (unpaired) electrons. The van der Waals surface area contributed by atoms with Gasteiger partial charge in [-0.05, 0) is 24.6 Å². The van der Waals surface area contributed by atoms with Gasteiger partial charge in [0.2, 0.25) is 5.95 Å². The summed E-state index contributed by atoms with van der Waals surface area (Å²) in [6.07, 6.45) is 3.56. The van der Waals surface area contributed by atoms with Crippen LogP contribution in [0.5, 0.6) is 0 Å². The van der Waals surface area contributed by atoms with Crippen LogP contribution in [-0.2, 0) is 11.8 Å². The second kappa shape index (κ2) is 8.08. The fraction of sp³-hybridized carbons (Fsp3) is 0.250. The number of ether oxygens (including phenoxy) is 1. The SMILES string of the molecule is Cn1nccc1Nc1nccc(-c2ccc(N3CCC[C@H]3OC(N)=O)c(C#N)c2)n1. The minimum Gasteiger partial charge on any atom is -0.426 e. The van der Waals surface area contributed by atoms with Crippen LogP contribution >= 0.6 is 0 Å². The molecule has 3 N–H and O–H groups in total. The molecule has 0 aliphatic carbocycles. The first-order valence-electron chi connectivity index (χ1n) is 9.40. The molecule has 0 saturated carbocycles. The van der Waals surface area contributed by atoms with Crippen LogP contribution in [0, 0.1) is 11.3 Å². The Morgan fingerprint density at radius 2 is 2.20 bits per heavy atom. The summed E-state index contributed by atoms with van der Waals surface area (Å²) in [7, 11) is 1.82. The molecule has 0 spiro atoms. The van der Waals surface area contributed by atoms with Crippen molar-refractivity contribution in [3.8, 4) is 17.3 Å². The van der Waals surface area contributed by atoms with Crippen molar-refractivity contribution in [2.24, 2.45) is 12.8 Å². The van der Waals surface area contributed by atoms with Gasteiger partial charge in [-0.2, -0.15) is 10.4 Å². The van der Waals surface area contributed by atoms with Crippen molar-refractivity contribution < 1.29 is 9.53 Å². The Balaban J connectivity index is 1.62. The number of nitriles is 1. The molecule has 152 valence electrons. The minimum atomic E-state index is -0.823. The van der Waals surface area contributed by atoms with E-state index < -0.39 is 12.3 Å². The highest BCUT2D eigenvalue weighted by Gasteiger charge is 2.29. The average molecular weight is 404 g/mol. The summed E-state index contributed by atoms with van der Waals surface area (Å²) in [5.74, 6) is 1.18. The molecule has 10 nitrogen and oxygen atoms in total. The molecule has 1 aliphatic heterocycles. The molecule has 10 heteroatoms. The third kappa shape index (κ3) is 3.86. The van der Waals surface area contributed by atoms with Gasteiger partial charge in [0.15, 0.2) is 6.23 Å². The third-order valence-corrected chi connectivity index (χ3v) is 4.89. The molecule has 2 aromatic heterocycles. The van der Waals surface area contributed by atoms with Crippen molar-refractivity contribution >= 4 is 23.5 Å². The van der Waals surface area contributed by atoms with E-state index in [-0.39, 0.29) is 0 Å². The Kier molecular flexibility index (Phi) is 5.17.